The number of anilines is 2. The van der Waals surface area contributed by atoms with Crippen LogP contribution in [0.15, 0.2) is 29.2 Å². The minimum atomic E-state index is -0.580. The lowest BCUT2D eigenvalue weighted by atomic mass is 10.1. The minimum absolute atomic E-state index is 0.0102. The Morgan fingerprint density at radius 3 is 2.76 bits per heavy atom. The van der Waals surface area contributed by atoms with Gasteiger partial charge in [-0.25, -0.2) is 20.4 Å². The molecule has 2 unspecified atom stereocenters. The van der Waals surface area contributed by atoms with Gasteiger partial charge >= 0.3 is 11.9 Å². The average molecular weight is 509 g/mol. The molecule has 3 heterocycles. The van der Waals surface area contributed by atoms with Gasteiger partial charge < -0.3 is 19.7 Å². The number of benzene rings is 1. The molecule has 2 aromatic rings. The number of methoxy groups -OCH3 is 1. The summed E-state index contributed by atoms with van der Waals surface area (Å²) in [6.45, 7) is 3.53. The van der Waals surface area contributed by atoms with Crippen LogP contribution in [0.5, 0.6) is 0 Å². The molecule has 2 aliphatic heterocycles. The number of nitrogens with zero attached hydrogens (tertiary/aromatic N) is 1. The molecule has 3 N–H and O–H groups in total. The van der Waals surface area contributed by atoms with Crippen molar-refractivity contribution < 1.29 is 23.9 Å². The zero-order valence-corrected chi connectivity index (χ0v) is 20.7. The Labute approximate surface area is 203 Å². The van der Waals surface area contributed by atoms with Crippen LogP contribution in [-0.4, -0.2) is 48.3 Å². The number of amides is 1. The third kappa shape index (κ3) is 4.85. The van der Waals surface area contributed by atoms with Crippen molar-refractivity contribution in [2.75, 3.05) is 29.7 Å². The van der Waals surface area contributed by atoms with Gasteiger partial charge in [-0.05, 0) is 31.5 Å². The number of ether oxygens (including phenoxy) is 2. The standard InChI is InChI=1S/C21H24N4O5S3/c1-4-30-18(27)15-11(2)16(19(28)29-3)33-17(15)22-14(26)9-10-31-20-23-24-21-25(20)12-7-5-6-8-13(12)32-21/h5-8,20-21,23-24H,4,9-10H2,1-3H3,(H,22,26). The number of carbonyl (C=O) groups excluding carboxylic acids is 3. The van der Waals surface area contributed by atoms with E-state index in [1.807, 2.05) is 12.1 Å². The van der Waals surface area contributed by atoms with Crippen molar-refractivity contribution in [2.24, 2.45) is 0 Å². The summed E-state index contributed by atoms with van der Waals surface area (Å²) < 4.78 is 9.91. The Morgan fingerprint density at radius 1 is 1.21 bits per heavy atom. The fourth-order valence-electron chi connectivity index (χ4n) is 3.55. The molecule has 12 heteroatoms. The Balaban J connectivity index is 1.38. The SMILES string of the molecule is CCOC(=O)c1c(NC(=O)CCSC2NNC3Sc4ccccc4N23)sc(C(=O)OC)c1C. The van der Waals surface area contributed by atoms with Crippen LogP contribution in [0, 0.1) is 6.92 Å². The number of hydrogen-bond acceptors (Lipinski definition) is 11. The first-order valence-corrected chi connectivity index (χ1v) is 13.0. The number of para-hydroxylation sites is 1. The van der Waals surface area contributed by atoms with Crippen molar-refractivity contribution in [3.8, 4) is 0 Å². The normalized spacial score (nSPS) is 18.6. The van der Waals surface area contributed by atoms with Crippen molar-refractivity contribution >= 4 is 63.4 Å². The molecule has 1 aromatic carbocycles. The van der Waals surface area contributed by atoms with Gasteiger partial charge in [-0.1, -0.05) is 23.9 Å². The van der Waals surface area contributed by atoms with Crippen molar-refractivity contribution in [3.63, 3.8) is 0 Å². The highest BCUT2D eigenvalue weighted by Crippen LogP contribution is 2.46. The Morgan fingerprint density at radius 2 is 2.00 bits per heavy atom. The summed E-state index contributed by atoms with van der Waals surface area (Å²) in [5.41, 5.74) is 8.44. The number of carbonyl (C=O) groups is 3. The maximum atomic E-state index is 12.7. The number of thiophene rings is 1. The smallest absolute Gasteiger partial charge is 0.348 e. The molecule has 1 aromatic heterocycles. The van der Waals surface area contributed by atoms with Crippen LogP contribution in [0.1, 0.15) is 38.9 Å². The van der Waals surface area contributed by atoms with E-state index in [2.05, 4.69) is 33.2 Å². The highest BCUT2D eigenvalue weighted by atomic mass is 32.2. The number of thioether (sulfide) groups is 2. The van der Waals surface area contributed by atoms with Gasteiger partial charge in [-0.2, -0.15) is 0 Å². The average Bonchev–Trinajstić information content (AvgIpc) is 3.45. The summed E-state index contributed by atoms with van der Waals surface area (Å²) in [6.07, 6.45) is 0.239. The highest BCUT2D eigenvalue weighted by Gasteiger charge is 2.40. The largest absolute Gasteiger partial charge is 0.465 e. The molecule has 0 radical (unpaired) electrons. The summed E-state index contributed by atoms with van der Waals surface area (Å²) >= 11 is 4.38. The predicted octanol–water partition coefficient (Wildman–Crippen LogP) is 3.37. The summed E-state index contributed by atoms with van der Waals surface area (Å²) in [4.78, 5) is 40.9. The maximum Gasteiger partial charge on any atom is 0.348 e. The monoisotopic (exact) mass is 508 g/mol. The van der Waals surface area contributed by atoms with Crippen molar-refractivity contribution in [1.29, 1.82) is 0 Å². The molecule has 0 saturated carbocycles. The van der Waals surface area contributed by atoms with Crippen molar-refractivity contribution in [2.45, 2.75) is 36.2 Å². The summed E-state index contributed by atoms with van der Waals surface area (Å²) in [6, 6.07) is 8.23. The maximum absolute atomic E-state index is 12.7. The third-order valence-electron chi connectivity index (χ3n) is 5.07. The number of rotatable bonds is 8. The molecule has 1 saturated heterocycles. The number of fused-ring (bicyclic) bond motifs is 3. The molecular formula is C21H24N4O5S3. The van der Waals surface area contributed by atoms with Gasteiger partial charge in [0.1, 0.15) is 20.9 Å². The molecule has 1 fully saturated rings. The first-order valence-electron chi connectivity index (χ1n) is 10.3. The van der Waals surface area contributed by atoms with E-state index < -0.39 is 11.9 Å². The van der Waals surface area contributed by atoms with E-state index in [1.165, 1.54) is 12.0 Å². The van der Waals surface area contributed by atoms with Gasteiger partial charge in [0.25, 0.3) is 0 Å². The first-order chi connectivity index (χ1) is 15.9. The molecule has 2 atom stereocenters. The third-order valence-corrected chi connectivity index (χ3v) is 8.53. The molecule has 33 heavy (non-hydrogen) atoms. The van der Waals surface area contributed by atoms with Crippen LogP contribution in [-0.2, 0) is 14.3 Å². The molecule has 4 rings (SSSR count). The molecule has 9 nitrogen and oxygen atoms in total. The van der Waals surface area contributed by atoms with Crippen LogP contribution in [0.2, 0.25) is 0 Å². The first kappa shape index (κ1) is 23.9. The summed E-state index contributed by atoms with van der Waals surface area (Å²) in [5, 5.41) is 3.08. The summed E-state index contributed by atoms with van der Waals surface area (Å²) in [5.74, 6) is -0.824. The molecular weight excluding hydrogens is 484 g/mol. The van der Waals surface area contributed by atoms with E-state index in [0.29, 0.717) is 16.3 Å². The number of esters is 2. The van der Waals surface area contributed by atoms with E-state index in [1.54, 1.807) is 37.4 Å². The van der Waals surface area contributed by atoms with Crippen LogP contribution < -0.4 is 21.1 Å². The summed E-state index contributed by atoms with van der Waals surface area (Å²) in [7, 11) is 1.27. The van der Waals surface area contributed by atoms with Crippen LogP contribution >= 0.6 is 34.9 Å². The van der Waals surface area contributed by atoms with Crippen molar-refractivity contribution in [3.05, 3.63) is 40.3 Å². The van der Waals surface area contributed by atoms with Gasteiger partial charge in [0.15, 0.2) is 0 Å². The number of nitrogens with one attached hydrogen (secondary N) is 3. The molecule has 1 amide bonds. The Kier molecular flexibility index (Phi) is 7.49. The van der Waals surface area contributed by atoms with Crippen LogP contribution in [0.3, 0.4) is 0 Å². The van der Waals surface area contributed by atoms with Gasteiger partial charge in [-0.15, -0.1) is 23.1 Å². The molecule has 2 aliphatic rings. The predicted molar refractivity (Wildman–Crippen MR) is 131 cm³/mol. The lowest BCUT2D eigenvalue weighted by Gasteiger charge is -2.23. The molecule has 0 aliphatic carbocycles. The van der Waals surface area contributed by atoms with E-state index in [9.17, 15) is 14.4 Å². The van der Waals surface area contributed by atoms with Crippen LogP contribution in [0.4, 0.5) is 10.7 Å². The number of hydrogen-bond donors (Lipinski definition) is 3. The van der Waals surface area contributed by atoms with Gasteiger partial charge in [-0.3, -0.25) is 4.79 Å². The minimum Gasteiger partial charge on any atom is -0.465 e. The van der Waals surface area contributed by atoms with Crippen molar-refractivity contribution in [1.82, 2.24) is 10.9 Å². The zero-order chi connectivity index (χ0) is 23.5. The van der Waals surface area contributed by atoms with Gasteiger partial charge in [0.05, 0.1) is 25.0 Å². The van der Waals surface area contributed by atoms with E-state index >= 15 is 0 Å². The molecule has 0 bridgehead atoms. The van der Waals surface area contributed by atoms with Gasteiger partial charge in [0, 0.05) is 17.1 Å². The fourth-order valence-corrected chi connectivity index (χ4v) is 6.99. The Bertz CT molecular complexity index is 1080. The fraction of sp³-hybridized carbons (Fsp3) is 0.381. The second-order valence-electron chi connectivity index (χ2n) is 7.13. The lowest BCUT2D eigenvalue weighted by molar-refractivity contribution is -0.115. The topological polar surface area (TPSA) is 109 Å². The molecule has 176 valence electrons. The number of hydrazine groups is 1. The van der Waals surface area contributed by atoms with E-state index in [4.69, 9.17) is 9.47 Å². The van der Waals surface area contributed by atoms with Gasteiger partial charge in [0.2, 0.25) is 5.91 Å². The van der Waals surface area contributed by atoms with Crippen LogP contribution in [0.25, 0.3) is 0 Å². The van der Waals surface area contributed by atoms with E-state index in [0.717, 1.165) is 17.0 Å². The Hall–Kier alpha value is -2.25. The second-order valence-corrected chi connectivity index (χ2v) is 10.5. The lowest BCUT2D eigenvalue weighted by Crippen LogP contribution is -2.34. The second kappa shape index (κ2) is 10.3. The quantitative estimate of drug-likeness (QED) is 0.459. The van der Waals surface area contributed by atoms with E-state index in [-0.39, 0.29) is 40.4 Å². The molecule has 0 spiro atoms. The zero-order valence-electron chi connectivity index (χ0n) is 18.3. The highest BCUT2D eigenvalue weighted by molar-refractivity contribution is 8.01.